The summed E-state index contributed by atoms with van der Waals surface area (Å²) in [4.78, 5) is 21.6. The summed E-state index contributed by atoms with van der Waals surface area (Å²) in [6.45, 7) is 6.04. The number of amides is 1. The first-order valence-corrected chi connectivity index (χ1v) is 5.45. The van der Waals surface area contributed by atoms with E-state index < -0.39 is 5.97 Å². The number of carboxylic acids is 1. The van der Waals surface area contributed by atoms with Crippen LogP contribution in [0.2, 0.25) is 0 Å². The number of carbonyl (C=O) groups excluding carboxylic acids is 1. The lowest BCUT2D eigenvalue weighted by atomic mass is 10.0. The Hall–Kier alpha value is -1.06. The Kier molecular flexibility index (Phi) is 6.75. The van der Waals surface area contributed by atoms with Gasteiger partial charge in [-0.25, -0.2) is 0 Å². The Morgan fingerprint density at radius 2 is 1.80 bits per heavy atom. The number of carboxylic acid groups (broad SMARTS) is 1. The van der Waals surface area contributed by atoms with Gasteiger partial charge in [-0.05, 0) is 12.8 Å². The molecule has 4 heteroatoms. The van der Waals surface area contributed by atoms with E-state index in [0.717, 1.165) is 12.8 Å². The molecular formula is C11H21NO3. The first-order valence-electron chi connectivity index (χ1n) is 5.45. The second-order valence-corrected chi connectivity index (χ2v) is 4.18. The molecule has 0 aliphatic rings. The van der Waals surface area contributed by atoms with Crippen molar-refractivity contribution in [1.82, 2.24) is 5.32 Å². The van der Waals surface area contributed by atoms with E-state index in [9.17, 15) is 9.59 Å². The summed E-state index contributed by atoms with van der Waals surface area (Å²) >= 11 is 0. The van der Waals surface area contributed by atoms with Gasteiger partial charge < -0.3 is 10.4 Å². The maximum absolute atomic E-state index is 11.1. The summed E-state index contributed by atoms with van der Waals surface area (Å²) in [5.74, 6) is -0.962. The van der Waals surface area contributed by atoms with Crippen LogP contribution in [0.1, 0.15) is 40.0 Å². The highest BCUT2D eigenvalue weighted by atomic mass is 16.4. The standard InChI is InChI=1S/C11H21NO3/c1-8(2)10(13)12-7-5-4-6-9(3)11(14)15/h8-9H,4-7H2,1-3H3,(H,12,13)(H,14,15). The van der Waals surface area contributed by atoms with E-state index in [1.807, 2.05) is 13.8 Å². The van der Waals surface area contributed by atoms with E-state index in [1.54, 1.807) is 6.92 Å². The van der Waals surface area contributed by atoms with E-state index in [4.69, 9.17) is 5.11 Å². The van der Waals surface area contributed by atoms with Crippen molar-refractivity contribution in [2.24, 2.45) is 11.8 Å². The van der Waals surface area contributed by atoms with Crippen LogP contribution >= 0.6 is 0 Å². The average molecular weight is 215 g/mol. The van der Waals surface area contributed by atoms with Gasteiger partial charge in [0.05, 0.1) is 5.92 Å². The zero-order valence-electron chi connectivity index (χ0n) is 9.75. The topological polar surface area (TPSA) is 66.4 Å². The molecule has 0 saturated heterocycles. The maximum atomic E-state index is 11.1. The second-order valence-electron chi connectivity index (χ2n) is 4.18. The minimum Gasteiger partial charge on any atom is -0.481 e. The van der Waals surface area contributed by atoms with E-state index in [1.165, 1.54) is 0 Å². The van der Waals surface area contributed by atoms with Gasteiger partial charge in [0.15, 0.2) is 0 Å². The van der Waals surface area contributed by atoms with Crippen molar-refractivity contribution in [2.75, 3.05) is 6.54 Å². The number of hydrogen-bond acceptors (Lipinski definition) is 2. The molecule has 1 atom stereocenters. The van der Waals surface area contributed by atoms with Crippen molar-refractivity contribution in [3.63, 3.8) is 0 Å². The molecule has 0 aromatic carbocycles. The third-order valence-corrected chi connectivity index (χ3v) is 2.31. The molecular weight excluding hydrogens is 194 g/mol. The number of hydrogen-bond donors (Lipinski definition) is 2. The number of carbonyl (C=O) groups is 2. The molecule has 0 bridgehead atoms. The Labute approximate surface area is 91.1 Å². The highest BCUT2D eigenvalue weighted by molar-refractivity contribution is 5.77. The summed E-state index contributed by atoms with van der Waals surface area (Å²) in [5, 5.41) is 11.4. The van der Waals surface area contributed by atoms with Gasteiger partial charge in [-0.3, -0.25) is 9.59 Å². The molecule has 0 heterocycles. The fraction of sp³-hybridized carbons (Fsp3) is 0.818. The van der Waals surface area contributed by atoms with Crippen molar-refractivity contribution in [1.29, 1.82) is 0 Å². The second kappa shape index (κ2) is 7.26. The predicted octanol–water partition coefficient (Wildman–Crippen LogP) is 1.65. The molecule has 0 saturated carbocycles. The summed E-state index contributed by atoms with van der Waals surface area (Å²) in [7, 11) is 0. The molecule has 0 aromatic rings. The van der Waals surface area contributed by atoms with E-state index in [-0.39, 0.29) is 17.7 Å². The van der Waals surface area contributed by atoms with Crippen molar-refractivity contribution in [3.05, 3.63) is 0 Å². The third kappa shape index (κ3) is 6.94. The molecule has 0 spiro atoms. The molecule has 0 aromatic heterocycles. The van der Waals surface area contributed by atoms with Gasteiger partial charge in [0, 0.05) is 12.5 Å². The number of rotatable bonds is 7. The van der Waals surface area contributed by atoms with Crippen LogP contribution < -0.4 is 5.32 Å². The predicted molar refractivity (Wildman–Crippen MR) is 58.5 cm³/mol. The van der Waals surface area contributed by atoms with Crippen molar-refractivity contribution >= 4 is 11.9 Å². The minimum absolute atomic E-state index is 0.0166. The smallest absolute Gasteiger partial charge is 0.306 e. The van der Waals surface area contributed by atoms with Crippen molar-refractivity contribution in [3.8, 4) is 0 Å². The quantitative estimate of drug-likeness (QED) is 0.634. The summed E-state index contributed by atoms with van der Waals surface area (Å²) < 4.78 is 0. The molecule has 1 unspecified atom stereocenters. The fourth-order valence-electron chi connectivity index (χ4n) is 1.11. The fourth-order valence-corrected chi connectivity index (χ4v) is 1.11. The zero-order chi connectivity index (χ0) is 11.8. The van der Waals surface area contributed by atoms with Crippen LogP contribution in [0.15, 0.2) is 0 Å². The highest BCUT2D eigenvalue weighted by Crippen LogP contribution is 2.07. The maximum Gasteiger partial charge on any atom is 0.306 e. The lowest BCUT2D eigenvalue weighted by Crippen LogP contribution is -2.28. The van der Waals surface area contributed by atoms with Gasteiger partial charge >= 0.3 is 5.97 Å². The minimum atomic E-state index is -0.749. The van der Waals surface area contributed by atoms with Crippen LogP contribution in [0.25, 0.3) is 0 Å². The third-order valence-electron chi connectivity index (χ3n) is 2.31. The Morgan fingerprint density at radius 1 is 1.20 bits per heavy atom. The Bertz CT molecular complexity index is 214. The Morgan fingerprint density at radius 3 is 2.27 bits per heavy atom. The lowest BCUT2D eigenvalue weighted by Gasteiger charge is -2.08. The van der Waals surface area contributed by atoms with Crippen LogP contribution in [-0.2, 0) is 9.59 Å². The zero-order valence-corrected chi connectivity index (χ0v) is 9.75. The van der Waals surface area contributed by atoms with E-state index >= 15 is 0 Å². The molecule has 0 fully saturated rings. The van der Waals surface area contributed by atoms with Gasteiger partial charge in [0.2, 0.25) is 5.91 Å². The molecule has 0 radical (unpaired) electrons. The van der Waals surface area contributed by atoms with Crippen LogP contribution in [0.3, 0.4) is 0 Å². The SMILES string of the molecule is CC(C)C(=O)NCCCCC(C)C(=O)O. The summed E-state index contributed by atoms with van der Waals surface area (Å²) in [5.41, 5.74) is 0. The van der Waals surface area contributed by atoms with E-state index in [0.29, 0.717) is 13.0 Å². The van der Waals surface area contributed by atoms with Crippen LogP contribution in [0, 0.1) is 11.8 Å². The molecule has 15 heavy (non-hydrogen) atoms. The van der Waals surface area contributed by atoms with Gasteiger partial charge in [-0.2, -0.15) is 0 Å². The molecule has 0 aliphatic carbocycles. The van der Waals surface area contributed by atoms with Gasteiger partial charge in [0.25, 0.3) is 0 Å². The van der Waals surface area contributed by atoms with Crippen molar-refractivity contribution < 1.29 is 14.7 Å². The molecule has 2 N–H and O–H groups in total. The van der Waals surface area contributed by atoms with Crippen LogP contribution in [-0.4, -0.2) is 23.5 Å². The molecule has 0 aliphatic heterocycles. The molecule has 0 rings (SSSR count). The van der Waals surface area contributed by atoms with Gasteiger partial charge in [-0.1, -0.05) is 27.2 Å². The largest absolute Gasteiger partial charge is 0.481 e. The van der Waals surface area contributed by atoms with Crippen LogP contribution in [0.4, 0.5) is 0 Å². The monoisotopic (exact) mass is 215 g/mol. The van der Waals surface area contributed by atoms with Gasteiger partial charge in [-0.15, -0.1) is 0 Å². The lowest BCUT2D eigenvalue weighted by molar-refractivity contribution is -0.141. The van der Waals surface area contributed by atoms with Crippen molar-refractivity contribution in [2.45, 2.75) is 40.0 Å². The number of aliphatic carboxylic acids is 1. The van der Waals surface area contributed by atoms with E-state index in [2.05, 4.69) is 5.32 Å². The number of unbranched alkanes of at least 4 members (excludes halogenated alkanes) is 1. The first-order chi connectivity index (χ1) is 6.95. The summed E-state index contributed by atoms with van der Waals surface area (Å²) in [6, 6.07) is 0. The molecule has 4 nitrogen and oxygen atoms in total. The highest BCUT2D eigenvalue weighted by Gasteiger charge is 2.10. The molecule has 88 valence electrons. The van der Waals surface area contributed by atoms with Crippen LogP contribution in [0.5, 0.6) is 0 Å². The number of nitrogens with one attached hydrogen (secondary N) is 1. The molecule has 1 amide bonds. The van der Waals surface area contributed by atoms with Gasteiger partial charge in [0.1, 0.15) is 0 Å². The normalized spacial score (nSPS) is 12.5. The Balaban J connectivity index is 3.40. The average Bonchev–Trinajstić information content (AvgIpc) is 2.16. The summed E-state index contributed by atoms with van der Waals surface area (Å²) in [6.07, 6.45) is 2.36. The first kappa shape index (κ1) is 13.9.